The number of hydrogen-bond acceptors (Lipinski definition) is 2. The second kappa shape index (κ2) is 6.52. The van der Waals surface area contributed by atoms with Gasteiger partial charge in [0.1, 0.15) is 11.6 Å². The number of nitrogens with one attached hydrogen (secondary N) is 1. The van der Waals surface area contributed by atoms with Gasteiger partial charge in [-0.1, -0.05) is 12.1 Å². The number of hydrogen-bond donors (Lipinski definition) is 1. The monoisotopic (exact) mass is 337 g/mol. The van der Waals surface area contributed by atoms with Gasteiger partial charge < -0.3 is 10.1 Å². The van der Waals surface area contributed by atoms with Crippen molar-refractivity contribution in [3.8, 4) is 5.75 Å². The molecule has 2 aromatic carbocycles. The van der Waals surface area contributed by atoms with Gasteiger partial charge in [-0.3, -0.25) is 4.79 Å². The minimum atomic E-state index is -0.394. The van der Waals surface area contributed by atoms with Crippen molar-refractivity contribution in [1.29, 1.82) is 0 Å². The normalized spacial score (nSPS) is 10.2. The lowest BCUT2D eigenvalue weighted by atomic mass is 10.2. The molecule has 0 bridgehead atoms. The van der Waals surface area contributed by atoms with E-state index in [0.29, 0.717) is 12.1 Å². The lowest BCUT2D eigenvalue weighted by Gasteiger charge is -2.07. The van der Waals surface area contributed by atoms with Crippen molar-refractivity contribution >= 4 is 21.8 Å². The van der Waals surface area contributed by atoms with Crippen LogP contribution in [0.1, 0.15) is 15.9 Å². The molecule has 0 aliphatic heterocycles. The van der Waals surface area contributed by atoms with Gasteiger partial charge in [0.2, 0.25) is 0 Å². The molecule has 0 fully saturated rings. The highest BCUT2D eigenvalue weighted by Gasteiger charge is 2.08. The second-order valence-corrected chi connectivity index (χ2v) is 5.02. The van der Waals surface area contributed by atoms with E-state index < -0.39 is 5.82 Å². The van der Waals surface area contributed by atoms with Crippen molar-refractivity contribution in [3.05, 3.63) is 63.9 Å². The topological polar surface area (TPSA) is 38.3 Å². The van der Waals surface area contributed by atoms with Gasteiger partial charge >= 0.3 is 0 Å². The van der Waals surface area contributed by atoms with Crippen LogP contribution in [0.15, 0.2) is 46.9 Å². The van der Waals surface area contributed by atoms with E-state index in [9.17, 15) is 9.18 Å². The van der Waals surface area contributed by atoms with Gasteiger partial charge in [-0.15, -0.1) is 0 Å². The summed E-state index contributed by atoms with van der Waals surface area (Å²) >= 11 is 3.06. The van der Waals surface area contributed by atoms with Crippen LogP contribution in [0.4, 0.5) is 4.39 Å². The molecule has 0 aliphatic rings. The SMILES string of the molecule is COc1cccc(CNC(=O)c2ccc(F)c(Br)c2)c1. The largest absolute Gasteiger partial charge is 0.497 e. The maximum Gasteiger partial charge on any atom is 0.251 e. The molecule has 0 unspecified atom stereocenters. The molecule has 3 nitrogen and oxygen atoms in total. The van der Waals surface area contributed by atoms with Crippen LogP contribution in [0.2, 0.25) is 0 Å². The number of carbonyl (C=O) groups excluding carboxylic acids is 1. The van der Waals surface area contributed by atoms with Crippen LogP contribution in [-0.2, 0) is 6.54 Å². The quantitative estimate of drug-likeness (QED) is 0.926. The third-order valence-corrected chi connectivity index (χ3v) is 3.38. The Balaban J connectivity index is 2.02. The Kier molecular flexibility index (Phi) is 4.74. The summed E-state index contributed by atoms with van der Waals surface area (Å²) in [6.45, 7) is 0.380. The number of ether oxygens (including phenoxy) is 1. The number of halogens is 2. The van der Waals surface area contributed by atoms with Crippen molar-refractivity contribution in [1.82, 2.24) is 5.32 Å². The Hall–Kier alpha value is -1.88. The molecule has 0 atom stereocenters. The third-order valence-electron chi connectivity index (χ3n) is 2.77. The van der Waals surface area contributed by atoms with E-state index in [1.807, 2.05) is 24.3 Å². The zero-order valence-electron chi connectivity index (χ0n) is 10.8. The number of amides is 1. The van der Waals surface area contributed by atoms with E-state index in [4.69, 9.17) is 4.74 Å². The molecule has 0 spiro atoms. The number of benzene rings is 2. The van der Waals surface area contributed by atoms with Gasteiger partial charge in [-0.25, -0.2) is 4.39 Å². The fourth-order valence-corrected chi connectivity index (χ4v) is 2.08. The first kappa shape index (κ1) is 14.5. The molecule has 1 amide bonds. The molecule has 104 valence electrons. The summed E-state index contributed by atoms with van der Waals surface area (Å²) in [7, 11) is 1.59. The van der Waals surface area contributed by atoms with Gasteiger partial charge in [0.25, 0.3) is 5.91 Å². The van der Waals surface area contributed by atoms with Crippen LogP contribution >= 0.6 is 15.9 Å². The zero-order valence-corrected chi connectivity index (χ0v) is 12.4. The molecule has 2 rings (SSSR count). The minimum absolute atomic E-state index is 0.256. The van der Waals surface area contributed by atoms with E-state index in [1.165, 1.54) is 18.2 Å². The van der Waals surface area contributed by atoms with Crippen LogP contribution < -0.4 is 10.1 Å². The molecule has 1 N–H and O–H groups in total. The van der Waals surface area contributed by atoms with Crippen molar-refractivity contribution < 1.29 is 13.9 Å². The lowest BCUT2D eigenvalue weighted by molar-refractivity contribution is 0.0950. The molecule has 2 aromatic rings. The highest BCUT2D eigenvalue weighted by molar-refractivity contribution is 9.10. The molecule has 0 saturated carbocycles. The van der Waals surface area contributed by atoms with E-state index >= 15 is 0 Å². The fraction of sp³-hybridized carbons (Fsp3) is 0.133. The van der Waals surface area contributed by atoms with Gasteiger partial charge in [0.05, 0.1) is 11.6 Å². The predicted octanol–water partition coefficient (Wildman–Crippen LogP) is 3.53. The molecule has 0 radical (unpaired) electrons. The lowest BCUT2D eigenvalue weighted by Crippen LogP contribution is -2.22. The summed E-state index contributed by atoms with van der Waals surface area (Å²) < 4.78 is 18.5. The molecule has 0 aromatic heterocycles. The van der Waals surface area contributed by atoms with Gasteiger partial charge in [-0.2, -0.15) is 0 Å². The maximum atomic E-state index is 13.1. The fourth-order valence-electron chi connectivity index (χ4n) is 1.70. The van der Waals surface area contributed by atoms with Crippen molar-refractivity contribution in [2.24, 2.45) is 0 Å². The average molecular weight is 338 g/mol. The predicted molar refractivity (Wildman–Crippen MR) is 78.3 cm³/mol. The summed E-state index contributed by atoms with van der Waals surface area (Å²) in [5.41, 5.74) is 1.33. The van der Waals surface area contributed by atoms with Crippen LogP contribution in [0.5, 0.6) is 5.75 Å². The van der Waals surface area contributed by atoms with E-state index in [1.54, 1.807) is 7.11 Å². The van der Waals surface area contributed by atoms with Crippen LogP contribution in [-0.4, -0.2) is 13.0 Å². The minimum Gasteiger partial charge on any atom is -0.497 e. The van der Waals surface area contributed by atoms with Gasteiger partial charge in [-0.05, 0) is 51.8 Å². The van der Waals surface area contributed by atoms with Crippen molar-refractivity contribution in [2.45, 2.75) is 6.54 Å². The molecular formula is C15H13BrFNO2. The first-order chi connectivity index (χ1) is 9.60. The van der Waals surface area contributed by atoms with Crippen molar-refractivity contribution in [3.63, 3.8) is 0 Å². The molecule has 5 heteroatoms. The molecule has 0 saturated heterocycles. The summed E-state index contributed by atoms with van der Waals surface area (Å²) in [5.74, 6) is 0.0872. The van der Waals surface area contributed by atoms with Crippen LogP contribution in [0, 0.1) is 5.82 Å². The Bertz CT molecular complexity index is 631. The Labute approximate surface area is 124 Å². The first-order valence-corrected chi connectivity index (χ1v) is 6.75. The van der Waals surface area contributed by atoms with E-state index in [0.717, 1.165) is 11.3 Å². The van der Waals surface area contributed by atoms with Crippen LogP contribution in [0.3, 0.4) is 0 Å². The molecule has 0 heterocycles. The zero-order chi connectivity index (χ0) is 14.5. The van der Waals surface area contributed by atoms with Crippen molar-refractivity contribution in [2.75, 3.05) is 7.11 Å². The average Bonchev–Trinajstić information content (AvgIpc) is 2.47. The highest BCUT2D eigenvalue weighted by atomic mass is 79.9. The van der Waals surface area contributed by atoms with Gasteiger partial charge in [0.15, 0.2) is 0 Å². The smallest absolute Gasteiger partial charge is 0.251 e. The number of methoxy groups -OCH3 is 1. The Morgan fingerprint density at radius 2 is 2.10 bits per heavy atom. The summed E-state index contributed by atoms with van der Waals surface area (Å²) in [4.78, 5) is 12.0. The maximum absolute atomic E-state index is 13.1. The highest BCUT2D eigenvalue weighted by Crippen LogP contribution is 2.17. The van der Waals surface area contributed by atoms with Crippen LogP contribution in [0.25, 0.3) is 0 Å². The molecule has 0 aliphatic carbocycles. The molecule has 20 heavy (non-hydrogen) atoms. The third kappa shape index (κ3) is 3.57. The first-order valence-electron chi connectivity index (χ1n) is 5.96. The second-order valence-electron chi connectivity index (χ2n) is 4.16. The Morgan fingerprint density at radius 3 is 2.80 bits per heavy atom. The summed E-state index contributed by atoms with van der Waals surface area (Å²) in [6, 6.07) is 11.6. The summed E-state index contributed by atoms with van der Waals surface area (Å²) in [5, 5.41) is 2.78. The molecular weight excluding hydrogens is 325 g/mol. The van der Waals surface area contributed by atoms with Gasteiger partial charge in [0, 0.05) is 12.1 Å². The van der Waals surface area contributed by atoms with E-state index in [-0.39, 0.29) is 10.4 Å². The standard InChI is InChI=1S/C15H13BrFNO2/c1-20-12-4-2-3-10(7-12)9-18-15(19)11-5-6-14(17)13(16)8-11/h2-8H,9H2,1H3,(H,18,19). The number of carbonyl (C=O) groups is 1. The van der Waals surface area contributed by atoms with E-state index in [2.05, 4.69) is 21.2 Å². The number of rotatable bonds is 4. The summed E-state index contributed by atoms with van der Waals surface area (Å²) in [6.07, 6.45) is 0. The Morgan fingerprint density at radius 1 is 1.30 bits per heavy atom.